The molecule has 2 aromatic rings. The van der Waals surface area contributed by atoms with Crippen molar-refractivity contribution in [1.82, 2.24) is 5.32 Å². The van der Waals surface area contributed by atoms with E-state index in [-0.39, 0.29) is 11.3 Å². The summed E-state index contributed by atoms with van der Waals surface area (Å²) < 4.78 is 10.9. The number of amides is 1. The predicted octanol–water partition coefficient (Wildman–Crippen LogP) is 3.73. The van der Waals surface area contributed by atoms with E-state index in [9.17, 15) is 4.79 Å². The van der Waals surface area contributed by atoms with Crippen molar-refractivity contribution >= 4 is 17.7 Å². The number of carbonyl (C=O) groups excluding carboxylic acids is 1. The van der Waals surface area contributed by atoms with Gasteiger partial charge in [-0.2, -0.15) is 0 Å². The minimum absolute atomic E-state index is 0.0689. The SMILES string of the molecule is COc1ccc(OC)c(/C=C/[C@]23NC(=O)CCN2c2ccccc2C3(C)C)c1. The highest BCUT2D eigenvalue weighted by molar-refractivity contribution is 5.84. The van der Waals surface area contributed by atoms with E-state index in [1.165, 1.54) is 11.3 Å². The first-order valence-corrected chi connectivity index (χ1v) is 9.52. The summed E-state index contributed by atoms with van der Waals surface area (Å²) in [5.74, 6) is 1.59. The molecule has 1 atom stereocenters. The van der Waals surface area contributed by atoms with E-state index >= 15 is 0 Å². The molecule has 28 heavy (non-hydrogen) atoms. The average Bonchev–Trinajstić information content (AvgIpc) is 2.90. The summed E-state index contributed by atoms with van der Waals surface area (Å²) in [6.45, 7) is 5.06. The number of fused-ring (bicyclic) bond motifs is 3. The number of nitrogens with one attached hydrogen (secondary N) is 1. The molecule has 4 rings (SSSR count). The Labute approximate surface area is 165 Å². The summed E-state index contributed by atoms with van der Waals surface area (Å²) in [6, 6.07) is 14.1. The zero-order valence-corrected chi connectivity index (χ0v) is 16.8. The lowest BCUT2D eigenvalue weighted by Crippen LogP contribution is -2.68. The van der Waals surface area contributed by atoms with Crippen molar-refractivity contribution < 1.29 is 14.3 Å². The summed E-state index contributed by atoms with van der Waals surface area (Å²) >= 11 is 0. The fourth-order valence-corrected chi connectivity index (χ4v) is 4.50. The summed E-state index contributed by atoms with van der Waals surface area (Å²) in [5, 5.41) is 3.29. The Bertz CT molecular complexity index is 951. The summed E-state index contributed by atoms with van der Waals surface area (Å²) in [4.78, 5) is 14.8. The second-order valence-electron chi connectivity index (χ2n) is 7.80. The van der Waals surface area contributed by atoms with E-state index in [2.05, 4.69) is 54.4 Å². The van der Waals surface area contributed by atoms with Crippen molar-refractivity contribution in [2.45, 2.75) is 31.3 Å². The molecule has 0 unspecified atom stereocenters. The van der Waals surface area contributed by atoms with Crippen molar-refractivity contribution in [3.63, 3.8) is 0 Å². The van der Waals surface area contributed by atoms with Gasteiger partial charge >= 0.3 is 0 Å². The second-order valence-corrected chi connectivity index (χ2v) is 7.80. The number of hydrogen-bond donors (Lipinski definition) is 1. The van der Waals surface area contributed by atoms with E-state index in [0.29, 0.717) is 13.0 Å². The van der Waals surface area contributed by atoms with Crippen LogP contribution in [-0.2, 0) is 10.2 Å². The number of methoxy groups -OCH3 is 2. The Balaban J connectivity index is 1.84. The first-order chi connectivity index (χ1) is 13.4. The molecule has 2 aromatic carbocycles. The van der Waals surface area contributed by atoms with Crippen LogP contribution in [0.4, 0.5) is 5.69 Å². The maximum absolute atomic E-state index is 12.5. The molecule has 0 aromatic heterocycles. The quantitative estimate of drug-likeness (QED) is 0.881. The molecule has 2 heterocycles. The van der Waals surface area contributed by atoms with E-state index in [4.69, 9.17) is 9.47 Å². The second kappa shape index (κ2) is 6.59. The lowest BCUT2D eigenvalue weighted by Gasteiger charge is -2.49. The lowest BCUT2D eigenvalue weighted by atomic mass is 9.74. The van der Waals surface area contributed by atoms with E-state index < -0.39 is 5.66 Å². The van der Waals surface area contributed by atoms with Crippen LogP contribution in [0.1, 0.15) is 31.4 Å². The highest BCUT2D eigenvalue weighted by Crippen LogP contribution is 2.52. The molecule has 1 fully saturated rings. The molecule has 2 aliphatic rings. The number of para-hydroxylation sites is 1. The third-order valence-electron chi connectivity index (χ3n) is 6.08. The number of hydrogen-bond acceptors (Lipinski definition) is 4. The molecule has 0 saturated carbocycles. The Hall–Kier alpha value is -2.95. The van der Waals surface area contributed by atoms with Crippen molar-refractivity contribution in [2.24, 2.45) is 0 Å². The standard InChI is InChI=1S/C23H26N2O3/c1-22(2)18-7-5-6-8-19(18)25-14-12-21(26)24-23(22,25)13-11-16-15-17(27-3)9-10-20(16)28-4/h5-11,13,15H,12,14H2,1-4H3,(H,24,26)/b13-11+/t23-/m0/s1. The van der Waals surface area contributed by atoms with Gasteiger partial charge in [0, 0.05) is 29.6 Å². The van der Waals surface area contributed by atoms with Crippen LogP contribution in [0.15, 0.2) is 48.5 Å². The van der Waals surface area contributed by atoms with Crippen LogP contribution in [0.25, 0.3) is 6.08 Å². The molecule has 1 saturated heterocycles. The van der Waals surface area contributed by atoms with Gasteiger partial charge in [-0.25, -0.2) is 0 Å². The molecule has 1 amide bonds. The van der Waals surface area contributed by atoms with Crippen LogP contribution in [0.3, 0.4) is 0 Å². The molecular formula is C23H26N2O3. The van der Waals surface area contributed by atoms with E-state index in [1.54, 1.807) is 14.2 Å². The van der Waals surface area contributed by atoms with Crippen molar-refractivity contribution in [1.29, 1.82) is 0 Å². The number of rotatable bonds is 4. The molecule has 0 bridgehead atoms. The van der Waals surface area contributed by atoms with Crippen LogP contribution < -0.4 is 19.7 Å². The highest BCUT2D eigenvalue weighted by atomic mass is 16.5. The van der Waals surface area contributed by atoms with Crippen LogP contribution in [0.2, 0.25) is 0 Å². The van der Waals surface area contributed by atoms with Crippen molar-refractivity contribution in [3.8, 4) is 11.5 Å². The van der Waals surface area contributed by atoms with Crippen LogP contribution in [-0.4, -0.2) is 32.3 Å². The molecule has 0 spiro atoms. The van der Waals surface area contributed by atoms with Crippen molar-refractivity contribution in [2.75, 3.05) is 25.7 Å². The maximum atomic E-state index is 12.5. The van der Waals surface area contributed by atoms with Gasteiger partial charge in [0.2, 0.25) is 5.91 Å². The van der Waals surface area contributed by atoms with Gasteiger partial charge < -0.3 is 19.7 Å². The first-order valence-electron chi connectivity index (χ1n) is 9.52. The largest absolute Gasteiger partial charge is 0.497 e. The Morgan fingerprint density at radius 1 is 1.11 bits per heavy atom. The van der Waals surface area contributed by atoms with E-state index in [0.717, 1.165) is 17.1 Å². The minimum Gasteiger partial charge on any atom is -0.497 e. The first kappa shape index (κ1) is 18.4. The molecule has 146 valence electrons. The number of nitrogens with zero attached hydrogens (tertiary/aromatic N) is 1. The minimum atomic E-state index is -0.639. The lowest BCUT2D eigenvalue weighted by molar-refractivity contribution is -0.124. The number of carbonyl (C=O) groups is 1. The highest BCUT2D eigenvalue weighted by Gasteiger charge is 2.57. The third kappa shape index (κ3) is 2.57. The number of benzene rings is 2. The molecular weight excluding hydrogens is 352 g/mol. The van der Waals surface area contributed by atoms with Gasteiger partial charge in [0.05, 0.1) is 14.2 Å². The molecule has 0 aliphatic carbocycles. The molecule has 0 radical (unpaired) electrons. The summed E-state index contributed by atoms with van der Waals surface area (Å²) in [5.41, 5.74) is 2.37. The fraction of sp³-hybridized carbons (Fsp3) is 0.348. The monoisotopic (exact) mass is 378 g/mol. The molecule has 2 aliphatic heterocycles. The normalized spacial score (nSPS) is 22.6. The Morgan fingerprint density at radius 2 is 1.89 bits per heavy atom. The van der Waals surface area contributed by atoms with Gasteiger partial charge in [0.1, 0.15) is 17.2 Å². The summed E-state index contributed by atoms with van der Waals surface area (Å²) in [7, 11) is 3.30. The maximum Gasteiger partial charge on any atom is 0.223 e. The Morgan fingerprint density at radius 3 is 2.64 bits per heavy atom. The molecule has 5 nitrogen and oxygen atoms in total. The average molecular weight is 378 g/mol. The fourth-order valence-electron chi connectivity index (χ4n) is 4.50. The van der Waals surface area contributed by atoms with Gasteiger partial charge in [-0.3, -0.25) is 4.79 Å². The van der Waals surface area contributed by atoms with Gasteiger partial charge in [-0.1, -0.05) is 38.1 Å². The van der Waals surface area contributed by atoms with E-state index in [1.807, 2.05) is 24.3 Å². The van der Waals surface area contributed by atoms with Crippen LogP contribution in [0.5, 0.6) is 11.5 Å². The van der Waals surface area contributed by atoms with Gasteiger partial charge in [-0.15, -0.1) is 0 Å². The zero-order chi connectivity index (χ0) is 19.9. The van der Waals surface area contributed by atoms with Crippen LogP contribution >= 0.6 is 0 Å². The van der Waals surface area contributed by atoms with Gasteiger partial charge in [-0.05, 0) is 35.9 Å². The zero-order valence-electron chi connectivity index (χ0n) is 16.8. The topological polar surface area (TPSA) is 50.8 Å². The smallest absolute Gasteiger partial charge is 0.223 e. The molecule has 5 heteroatoms. The van der Waals surface area contributed by atoms with Gasteiger partial charge in [0.15, 0.2) is 0 Å². The Kier molecular flexibility index (Phi) is 4.33. The molecule has 1 N–H and O–H groups in total. The van der Waals surface area contributed by atoms with Crippen molar-refractivity contribution in [3.05, 3.63) is 59.7 Å². The number of anilines is 1. The predicted molar refractivity (Wildman–Crippen MR) is 111 cm³/mol. The number of ether oxygens (including phenoxy) is 2. The third-order valence-corrected chi connectivity index (χ3v) is 6.08. The van der Waals surface area contributed by atoms with Gasteiger partial charge in [0.25, 0.3) is 0 Å². The van der Waals surface area contributed by atoms with Crippen LogP contribution in [0, 0.1) is 0 Å². The summed E-state index contributed by atoms with van der Waals surface area (Å²) in [6.07, 6.45) is 4.61.